The van der Waals surface area contributed by atoms with Crippen molar-refractivity contribution in [3.8, 4) is 0 Å². The minimum Gasteiger partial charge on any atom is -0.373 e. The summed E-state index contributed by atoms with van der Waals surface area (Å²) >= 11 is 0. The largest absolute Gasteiger partial charge is 0.373 e. The molecule has 2 atom stereocenters. The van der Waals surface area contributed by atoms with Gasteiger partial charge >= 0.3 is 0 Å². The van der Waals surface area contributed by atoms with Crippen molar-refractivity contribution >= 4 is 0 Å². The molecule has 1 aliphatic rings. The molecule has 106 valence electrons. The average molecular weight is 265 g/mol. The first-order valence-electron chi connectivity index (χ1n) is 7.16. The van der Waals surface area contributed by atoms with Crippen LogP contribution in [0, 0.1) is 24.6 Å². The molecule has 1 aliphatic heterocycles. The number of ether oxygens (including phenoxy) is 1. The van der Waals surface area contributed by atoms with Crippen molar-refractivity contribution in [3.63, 3.8) is 0 Å². The molecule has 0 bridgehead atoms. The van der Waals surface area contributed by atoms with Crippen molar-refractivity contribution < 1.29 is 9.13 Å². The average Bonchev–Trinajstić information content (AvgIpc) is 2.80. The van der Waals surface area contributed by atoms with Gasteiger partial charge in [0.05, 0.1) is 6.10 Å². The Morgan fingerprint density at radius 2 is 2.21 bits per heavy atom. The van der Waals surface area contributed by atoms with Crippen LogP contribution in [0.25, 0.3) is 0 Å². The lowest BCUT2D eigenvalue weighted by atomic mass is 9.94. The molecular weight excluding hydrogens is 241 g/mol. The molecule has 1 heterocycles. The van der Waals surface area contributed by atoms with Crippen LogP contribution in [0.3, 0.4) is 0 Å². The van der Waals surface area contributed by atoms with Crippen molar-refractivity contribution in [3.05, 3.63) is 35.1 Å². The van der Waals surface area contributed by atoms with Crippen LogP contribution in [-0.4, -0.2) is 19.7 Å². The van der Waals surface area contributed by atoms with Crippen molar-refractivity contribution in [2.75, 3.05) is 19.7 Å². The van der Waals surface area contributed by atoms with Crippen molar-refractivity contribution in [1.29, 1.82) is 0 Å². The number of nitrogens with one attached hydrogen (secondary N) is 1. The van der Waals surface area contributed by atoms with E-state index in [4.69, 9.17) is 4.74 Å². The Morgan fingerprint density at radius 3 is 2.89 bits per heavy atom. The van der Waals surface area contributed by atoms with E-state index in [1.807, 2.05) is 12.1 Å². The molecule has 0 amide bonds. The molecule has 0 spiro atoms. The molecule has 1 aromatic carbocycles. The maximum Gasteiger partial charge on any atom is 0.126 e. The molecule has 1 N–H and O–H groups in total. The lowest BCUT2D eigenvalue weighted by Gasteiger charge is -2.20. The van der Waals surface area contributed by atoms with E-state index in [0.29, 0.717) is 17.4 Å². The first-order valence-corrected chi connectivity index (χ1v) is 7.16. The highest BCUT2D eigenvalue weighted by molar-refractivity contribution is 5.26. The molecule has 3 heteroatoms. The van der Waals surface area contributed by atoms with Gasteiger partial charge in [-0.3, -0.25) is 0 Å². The third-order valence-corrected chi connectivity index (χ3v) is 3.70. The van der Waals surface area contributed by atoms with E-state index in [-0.39, 0.29) is 11.9 Å². The van der Waals surface area contributed by atoms with Gasteiger partial charge in [0.25, 0.3) is 0 Å². The zero-order chi connectivity index (χ0) is 13.8. The Balaban J connectivity index is 1.99. The van der Waals surface area contributed by atoms with E-state index in [0.717, 1.165) is 31.7 Å². The molecule has 2 unspecified atom stereocenters. The fourth-order valence-electron chi connectivity index (χ4n) is 2.55. The maximum atomic E-state index is 13.6. The molecule has 1 fully saturated rings. The summed E-state index contributed by atoms with van der Waals surface area (Å²) in [5, 5.41) is 3.48. The van der Waals surface area contributed by atoms with Crippen molar-refractivity contribution in [1.82, 2.24) is 5.32 Å². The highest BCUT2D eigenvalue weighted by Crippen LogP contribution is 2.34. The third kappa shape index (κ3) is 3.77. The molecule has 1 aromatic rings. The van der Waals surface area contributed by atoms with Crippen LogP contribution in [-0.2, 0) is 4.74 Å². The Morgan fingerprint density at radius 1 is 1.42 bits per heavy atom. The summed E-state index contributed by atoms with van der Waals surface area (Å²) in [6, 6.07) is 5.45. The zero-order valence-electron chi connectivity index (χ0n) is 12.1. The third-order valence-electron chi connectivity index (χ3n) is 3.70. The van der Waals surface area contributed by atoms with Gasteiger partial charge in [-0.25, -0.2) is 4.39 Å². The van der Waals surface area contributed by atoms with E-state index in [2.05, 4.69) is 19.2 Å². The maximum absolute atomic E-state index is 13.6. The number of aryl methyl sites for hydroxylation is 1. The van der Waals surface area contributed by atoms with Gasteiger partial charge in [-0.1, -0.05) is 26.0 Å². The Labute approximate surface area is 115 Å². The highest BCUT2D eigenvalue weighted by atomic mass is 19.1. The van der Waals surface area contributed by atoms with Gasteiger partial charge in [-0.2, -0.15) is 0 Å². The summed E-state index contributed by atoms with van der Waals surface area (Å²) in [6.07, 6.45) is 1.08. The standard InChI is InChI=1S/C16H24FNO/c1-11(2)9-18-10-14-6-7-19-16(14)13-5-4-12(3)15(17)8-13/h4-5,8,11,14,16,18H,6-7,9-10H2,1-3H3. The van der Waals surface area contributed by atoms with Gasteiger partial charge in [0.1, 0.15) is 5.82 Å². The van der Waals surface area contributed by atoms with Gasteiger partial charge in [0.2, 0.25) is 0 Å². The molecule has 0 radical (unpaired) electrons. The van der Waals surface area contributed by atoms with E-state index in [1.165, 1.54) is 0 Å². The summed E-state index contributed by atoms with van der Waals surface area (Å²) in [4.78, 5) is 0. The Hall–Kier alpha value is -0.930. The summed E-state index contributed by atoms with van der Waals surface area (Å²) in [6.45, 7) is 8.92. The molecule has 0 saturated carbocycles. The quantitative estimate of drug-likeness (QED) is 0.880. The van der Waals surface area contributed by atoms with Crippen LogP contribution >= 0.6 is 0 Å². The fourth-order valence-corrected chi connectivity index (χ4v) is 2.55. The normalized spacial score (nSPS) is 23.2. The van der Waals surface area contributed by atoms with Crippen LogP contribution in [0.1, 0.15) is 37.5 Å². The first-order chi connectivity index (χ1) is 9.08. The van der Waals surface area contributed by atoms with Crippen LogP contribution in [0.5, 0.6) is 0 Å². The highest BCUT2D eigenvalue weighted by Gasteiger charge is 2.29. The predicted molar refractivity (Wildman–Crippen MR) is 75.6 cm³/mol. The molecule has 2 nitrogen and oxygen atoms in total. The molecule has 2 rings (SSSR count). The molecule has 1 saturated heterocycles. The SMILES string of the molecule is Cc1ccc(C2OCCC2CNCC(C)C)cc1F. The summed E-state index contributed by atoms with van der Waals surface area (Å²) in [7, 11) is 0. The van der Waals surface area contributed by atoms with E-state index < -0.39 is 0 Å². The fraction of sp³-hybridized carbons (Fsp3) is 0.625. The van der Waals surface area contributed by atoms with Gasteiger partial charge in [-0.05, 0) is 43.0 Å². The van der Waals surface area contributed by atoms with Crippen LogP contribution in [0.15, 0.2) is 18.2 Å². The number of hydrogen-bond donors (Lipinski definition) is 1. The van der Waals surface area contributed by atoms with Crippen LogP contribution in [0.4, 0.5) is 4.39 Å². The molecular formula is C16H24FNO. The summed E-state index contributed by atoms with van der Waals surface area (Å²) in [5.41, 5.74) is 1.66. The van der Waals surface area contributed by atoms with Crippen molar-refractivity contribution in [2.45, 2.75) is 33.3 Å². The van der Waals surface area contributed by atoms with Crippen LogP contribution in [0.2, 0.25) is 0 Å². The predicted octanol–water partition coefficient (Wildman–Crippen LogP) is 3.46. The number of benzene rings is 1. The van der Waals surface area contributed by atoms with E-state index in [9.17, 15) is 4.39 Å². The Kier molecular flexibility index (Phi) is 4.94. The van der Waals surface area contributed by atoms with Crippen molar-refractivity contribution in [2.24, 2.45) is 11.8 Å². The van der Waals surface area contributed by atoms with Gasteiger partial charge in [0, 0.05) is 19.1 Å². The molecule has 0 aromatic heterocycles. The summed E-state index contributed by atoms with van der Waals surface area (Å²) < 4.78 is 19.4. The van der Waals surface area contributed by atoms with Gasteiger partial charge < -0.3 is 10.1 Å². The molecule has 19 heavy (non-hydrogen) atoms. The number of rotatable bonds is 5. The van der Waals surface area contributed by atoms with Gasteiger partial charge in [0.15, 0.2) is 0 Å². The minimum atomic E-state index is -0.137. The zero-order valence-corrected chi connectivity index (χ0v) is 12.1. The number of hydrogen-bond acceptors (Lipinski definition) is 2. The smallest absolute Gasteiger partial charge is 0.126 e. The second kappa shape index (κ2) is 6.49. The monoisotopic (exact) mass is 265 g/mol. The molecule has 0 aliphatic carbocycles. The lowest BCUT2D eigenvalue weighted by molar-refractivity contribution is 0.0901. The van der Waals surface area contributed by atoms with E-state index >= 15 is 0 Å². The topological polar surface area (TPSA) is 21.3 Å². The van der Waals surface area contributed by atoms with E-state index in [1.54, 1.807) is 13.0 Å². The second-order valence-electron chi connectivity index (χ2n) is 5.90. The van der Waals surface area contributed by atoms with Gasteiger partial charge in [-0.15, -0.1) is 0 Å². The summed E-state index contributed by atoms with van der Waals surface area (Å²) in [5.74, 6) is 0.959. The number of halogens is 1. The second-order valence-corrected chi connectivity index (χ2v) is 5.90. The van der Waals surface area contributed by atoms with Crippen LogP contribution < -0.4 is 5.32 Å². The minimum absolute atomic E-state index is 0.0368. The Bertz CT molecular complexity index is 419. The lowest BCUT2D eigenvalue weighted by Crippen LogP contribution is -2.28. The first kappa shape index (κ1) is 14.5.